The number of H-pyrrole nitrogens is 1. The van der Waals surface area contributed by atoms with Gasteiger partial charge in [0.25, 0.3) is 5.91 Å². The number of carbonyl (C=O) groups excluding carboxylic acids is 1. The van der Waals surface area contributed by atoms with Crippen LogP contribution in [0.2, 0.25) is 0 Å². The molecule has 0 aliphatic heterocycles. The minimum absolute atomic E-state index is 0.307. The van der Waals surface area contributed by atoms with E-state index in [0.29, 0.717) is 22.5 Å². The molecule has 4 aromatic rings. The molecule has 1 amide bonds. The Morgan fingerprint density at radius 3 is 2.70 bits per heavy atom. The van der Waals surface area contributed by atoms with Crippen molar-refractivity contribution >= 4 is 22.7 Å². The van der Waals surface area contributed by atoms with Crippen molar-refractivity contribution in [2.75, 3.05) is 5.32 Å². The summed E-state index contributed by atoms with van der Waals surface area (Å²) in [4.78, 5) is 26.4. The largest absolute Gasteiger partial charge is 0.417 e. The number of benzene rings is 2. The second kappa shape index (κ2) is 6.28. The van der Waals surface area contributed by atoms with Crippen molar-refractivity contribution in [3.05, 3.63) is 69.8 Å². The number of anilines is 1. The predicted octanol–water partition coefficient (Wildman–Crippen LogP) is 3.39. The standard InChI is InChI=1S/C20H18N4O3/c1-11-4-5-13(8-12(11)2)17-10-16(23-24(17)3)19(25)21-14-6-7-15-18(9-14)27-20(26)22-15/h4-10H,1-3H3,(H,21,25)(H,22,26). The van der Waals surface area contributed by atoms with Crippen LogP contribution >= 0.6 is 0 Å². The van der Waals surface area contributed by atoms with Gasteiger partial charge in [0.05, 0.1) is 11.2 Å². The van der Waals surface area contributed by atoms with Crippen LogP contribution in [-0.2, 0) is 7.05 Å². The third-order valence-corrected chi connectivity index (χ3v) is 4.59. The summed E-state index contributed by atoms with van der Waals surface area (Å²) in [6, 6.07) is 12.9. The lowest BCUT2D eigenvalue weighted by atomic mass is 10.0. The normalized spacial score (nSPS) is 11.1. The Labute approximate surface area is 154 Å². The number of rotatable bonds is 3. The molecule has 0 fully saturated rings. The van der Waals surface area contributed by atoms with Crippen LogP contribution < -0.4 is 11.1 Å². The lowest BCUT2D eigenvalue weighted by Gasteiger charge is -2.05. The van der Waals surface area contributed by atoms with Crippen molar-refractivity contribution in [3.63, 3.8) is 0 Å². The van der Waals surface area contributed by atoms with Crippen LogP contribution in [0, 0.1) is 13.8 Å². The van der Waals surface area contributed by atoms with Gasteiger partial charge in [-0.3, -0.25) is 14.5 Å². The molecule has 2 N–H and O–H groups in total. The molecule has 0 aliphatic rings. The molecule has 2 aromatic heterocycles. The summed E-state index contributed by atoms with van der Waals surface area (Å²) in [7, 11) is 1.81. The second-order valence-electron chi connectivity index (χ2n) is 6.52. The van der Waals surface area contributed by atoms with Gasteiger partial charge >= 0.3 is 5.76 Å². The molecule has 0 aliphatic carbocycles. The Balaban J connectivity index is 1.61. The van der Waals surface area contributed by atoms with Crippen LogP contribution in [-0.4, -0.2) is 20.7 Å². The molecule has 0 saturated heterocycles. The zero-order valence-electron chi connectivity index (χ0n) is 15.2. The van der Waals surface area contributed by atoms with Crippen LogP contribution in [0.4, 0.5) is 5.69 Å². The number of fused-ring (bicyclic) bond motifs is 1. The number of hydrogen-bond acceptors (Lipinski definition) is 4. The fourth-order valence-corrected chi connectivity index (χ4v) is 2.97. The molecule has 0 bridgehead atoms. The first kappa shape index (κ1) is 16.8. The zero-order chi connectivity index (χ0) is 19.1. The van der Waals surface area contributed by atoms with E-state index in [1.807, 2.05) is 13.1 Å². The van der Waals surface area contributed by atoms with E-state index >= 15 is 0 Å². The molecule has 0 spiro atoms. The van der Waals surface area contributed by atoms with Crippen molar-refractivity contribution in [2.24, 2.45) is 7.05 Å². The number of nitrogens with one attached hydrogen (secondary N) is 2. The van der Waals surface area contributed by atoms with Crippen molar-refractivity contribution in [1.29, 1.82) is 0 Å². The SMILES string of the molecule is Cc1ccc(-c2cc(C(=O)Nc3ccc4[nH]c(=O)oc4c3)nn2C)cc1C. The predicted molar refractivity (Wildman–Crippen MR) is 103 cm³/mol. The molecule has 7 nitrogen and oxygen atoms in total. The number of oxazole rings is 1. The fourth-order valence-electron chi connectivity index (χ4n) is 2.97. The minimum atomic E-state index is -0.531. The molecule has 2 aromatic carbocycles. The van der Waals surface area contributed by atoms with Crippen LogP contribution in [0.5, 0.6) is 0 Å². The van der Waals surface area contributed by atoms with Crippen LogP contribution in [0.1, 0.15) is 21.6 Å². The number of aryl methyl sites for hydroxylation is 3. The van der Waals surface area contributed by atoms with Gasteiger partial charge in [-0.2, -0.15) is 5.10 Å². The highest BCUT2D eigenvalue weighted by atomic mass is 16.4. The number of aromatic nitrogens is 3. The Bertz CT molecular complexity index is 1230. The fraction of sp³-hybridized carbons (Fsp3) is 0.150. The quantitative estimate of drug-likeness (QED) is 0.584. The molecular formula is C20H18N4O3. The van der Waals surface area contributed by atoms with Gasteiger partial charge in [0, 0.05) is 24.4 Å². The minimum Gasteiger partial charge on any atom is -0.408 e. The molecule has 0 radical (unpaired) electrons. The number of nitrogens with zero attached hydrogens (tertiary/aromatic N) is 2. The first-order chi connectivity index (χ1) is 12.9. The van der Waals surface area contributed by atoms with Crippen LogP contribution in [0.15, 0.2) is 51.7 Å². The third kappa shape index (κ3) is 3.15. The molecule has 0 atom stereocenters. The molecule has 7 heteroatoms. The van der Waals surface area contributed by atoms with Crippen molar-refractivity contribution in [3.8, 4) is 11.3 Å². The topological polar surface area (TPSA) is 92.9 Å². The zero-order valence-corrected chi connectivity index (χ0v) is 15.2. The van der Waals surface area contributed by atoms with Gasteiger partial charge < -0.3 is 9.73 Å². The second-order valence-corrected chi connectivity index (χ2v) is 6.52. The number of amides is 1. The third-order valence-electron chi connectivity index (χ3n) is 4.59. The van der Waals surface area contributed by atoms with Crippen molar-refractivity contribution < 1.29 is 9.21 Å². The number of hydrogen-bond donors (Lipinski definition) is 2. The Kier molecular flexibility index (Phi) is 3.92. The molecule has 0 saturated carbocycles. The van der Waals surface area contributed by atoms with E-state index in [9.17, 15) is 9.59 Å². The first-order valence-corrected chi connectivity index (χ1v) is 8.46. The highest BCUT2D eigenvalue weighted by Crippen LogP contribution is 2.23. The average Bonchev–Trinajstić information content (AvgIpc) is 3.19. The maximum atomic E-state index is 12.6. The van der Waals surface area contributed by atoms with E-state index in [4.69, 9.17) is 4.42 Å². The van der Waals surface area contributed by atoms with Gasteiger partial charge in [-0.05, 0) is 49.2 Å². The van der Waals surface area contributed by atoms with Gasteiger partial charge in [0.2, 0.25) is 0 Å². The summed E-state index contributed by atoms with van der Waals surface area (Å²) < 4.78 is 6.70. The smallest absolute Gasteiger partial charge is 0.408 e. The Morgan fingerprint density at radius 1 is 1.11 bits per heavy atom. The maximum Gasteiger partial charge on any atom is 0.417 e. The number of aromatic amines is 1. The van der Waals surface area contributed by atoms with Crippen LogP contribution in [0.25, 0.3) is 22.4 Å². The summed E-state index contributed by atoms with van der Waals surface area (Å²) in [5.41, 5.74) is 6.04. The van der Waals surface area contributed by atoms with Gasteiger partial charge in [-0.25, -0.2) is 4.79 Å². The number of carbonyl (C=O) groups is 1. The van der Waals surface area contributed by atoms with Gasteiger partial charge in [-0.1, -0.05) is 12.1 Å². The molecule has 0 unspecified atom stereocenters. The van der Waals surface area contributed by atoms with Crippen LogP contribution in [0.3, 0.4) is 0 Å². The summed E-state index contributed by atoms with van der Waals surface area (Å²) in [6.07, 6.45) is 0. The highest BCUT2D eigenvalue weighted by molar-refractivity contribution is 6.04. The molecule has 2 heterocycles. The average molecular weight is 362 g/mol. The van der Waals surface area contributed by atoms with Crippen molar-refractivity contribution in [1.82, 2.24) is 14.8 Å². The molecule has 4 rings (SSSR count). The summed E-state index contributed by atoms with van der Waals surface area (Å²) in [5.74, 6) is -0.867. The Hall–Kier alpha value is -3.61. The van der Waals surface area contributed by atoms with Gasteiger partial charge in [-0.15, -0.1) is 0 Å². The summed E-state index contributed by atoms with van der Waals surface area (Å²) in [5, 5.41) is 7.11. The van der Waals surface area contributed by atoms with E-state index in [-0.39, 0.29) is 5.91 Å². The van der Waals surface area contributed by atoms with Gasteiger partial charge in [0.1, 0.15) is 0 Å². The van der Waals surface area contributed by atoms with E-state index in [0.717, 1.165) is 11.3 Å². The van der Waals surface area contributed by atoms with Gasteiger partial charge in [0.15, 0.2) is 11.3 Å². The Morgan fingerprint density at radius 2 is 1.93 bits per heavy atom. The molecule has 136 valence electrons. The first-order valence-electron chi connectivity index (χ1n) is 8.46. The summed E-state index contributed by atoms with van der Waals surface area (Å²) in [6.45, 7) is 4.11. The molecular weight excluding hydrogens is 344 g/mol. The lowest BCUT2D eigenvalue weighted by molar-refractivity contribution is 0.102. The summed E-state index contributed by atoms with van der Waals surface area (Å²) >= 11 is 0. The van der Waals surface area contributed by atoms with E-state index in [1.54, 1.807) is 28.9 Å². The lowest BCUT2D eigenvalue weighted by Crippen LogP contribution is -2.12. The monoisotopic (exact) mass is 362 g/mol. The highest BCUT2D eigenvalue weighted by Gasteiger charge is 2.15. The van der Waals surface area contributed by atoms with E-state index < -0.39 is 5.76 Å². The molecule has 27 heavy (non-hydrogen) atoms. The van der Waals surface area contributed by atoms with Crippen molar-refractivity contribution in [2.45, 2.75) is 13.8 Å². The van der Waals surface area contributed by atoms with E-state index in [2.05, 4.69) is 41.4 Å². The maximum absolute atomic E-state index is 12.6. The van der Waals surface area contributed by atoms with E-state index in [1.165, 1.54) is 11.1 Å².